The first kappa shape index (κ1) is 15.8. The Labute approximate surface area is 138 Å². The summed E-state index contributed by atoms with van der Waals surface area (Å²) in [6, 6.07) is 3.82. The van der Waals surface area contributed by atoms with Gasteiger partial charge in [-0.1, -0.05) is 16.8 Å². The first-order chi connectivity index (χ1) is 11.0. The van der Waals surface area contributed by atoms with Gasteiger partial charge in [0.05, 0.1) is 16.8 Å². The van der Waals surface area contributed by atoms with Gasteiger partial charge < -0.3 is 14.7 Å². The van der Waals surface area contributed by atoms with Crippen molar-refractivity contribution in [3.05, 3.63) is 46.1 Å². The number of likely N-dealkylation sites (tertiary alicyclic amines) is 1. The van der Waals surface area contributed by atoms with Crippen LogP contribution in [-0.2, 0) is 0 Å². The lowest BCUT2D eigenvalue weighted by atomic mass is 10.0. The van der Waals surface area contributed by atoms with Crippen LogP contribution in [0.25, 0.3) is 0 Å². The van der Waals surface area contributed by atoms with Gasteiger partial charge in [-0.05, 0) is 44.9 Å². The van der Waals surface area contributed by atoms with Gasteiger partial charge in [0.15, 0.2) is 0 Å². The summed E-state index contributed by atoms with van der Waals surface area (Å²) in [4.78, 5) is 14.3. The van der Waals surface area contributed by atoms with Crippen LogP contribution < -0.4 is 5.32 Å². The molecule has 0 saturated carbocycles. The summed E-state index contributed by atoms with van der Waals surface area (Å²) < 4.78 is 18.4. The summed E-state index contributed by atoms with van der Waals surface area (Å²) in [5, 5.41) is 6.71. The maximum Gasteiger partial charge on any atom is 0.322 e. The highest BCUT2D eigenvalue weighted by molar-refractivity contribution is 6.31. The number of benzene rings is 1. The van der Waals surface area contributed by atoms with Crippen molar-refractivity contribution in [2.45, 2.75) is 32.7 Å². The number of rotatable bonds is 2. The summed E-state index contributed by atoms with van der Waals surface area (Å²) in [5.41, 5.74) is 2.23. The number of nitrogens with zero attached hydrogens (tertiary/aromatic N) is 2. The second kappa shape index (κ2) is 6.20. The number of hydrogen-bond donors (Lipinski definition) is 1. The molecule has 1 fully saturated rings. The highest BCUT2D eigenvalue weighted by atomic mass is 35.5. The van der Waals surface area contributed by atoms with E-state index in [9.17, 15) is 9.18 Å². The predicted molar refractivity (Wildman–Crippen MR) is 85.1 cm³/mol. The van der Waals surface area contributed by atoms with Gasteiger partial charge in [0.1, 0.15) is 11.6 Å². The van der Waals surface area contributed by atoms with E-state index in [1.807, 2.05) is 13.8 Å². The van der Waals surface area contributed by atoms with Crippen LogP contribution in [0.3, 0.4) is 0 Å². The third-order valence-corrected chi connectivity index (χ3v) is 4.40. The Morgan fingerprint density at radius 3 is 2.91 bits per heavy atom. The lowest BCUT2D eigenvalue weighted by Gasteiger charge is -2.25. The van der Waals surface area contributed by atoms with E-state index in [0.717, 1.165) is 29.9 Å². The Hall–Kier alpha value is -2.08. The average Bonchev–Trinajstić information content (AvgIpc) is 3.09. The van der Waals surface area contributed by atoms with Gasteiger partial charge in [0.2, 0.25) is 0 Å². The number of hydrogen-bond acceptors (Lipinski definition) is 3. The molecule has 122 valence electrons. The van der Waals surface area contributed by atoms with Crippen molar-refractivity contribution in [1.29, 1.82) is 0 Å². The minimum absolute atomic E-state index is 0.0218. The van der Waals surface area contributed by atoms with Gasteiger partial charge >= 0.3 is 6.03 Å². The lowest BCUT2D eigenvalue weighted by Crippen LogP contribution is -2.34. The van der Waals surface area contributed by atoms with Gasteiger partial charge in [-0.25, -0.2) is 9.18 Å². The molecule has 1 aromatic carbocycles. The van der Waals surface area contributed by atoms with Crippen LogP contribution >= 0.6 is 11.6 Å². The van der Waals surface area contributed by atoms with Crippen LogP contribution in [0.15, 0.2) is 22.7 Å². The minimum atomic E-state index is -0.514. The van der Waals surface area contributed by atoms with Crippen LogP contribution in [0, 0.1) is 19.7 Å². The molecule has 1 aliphatic rings. The molecule has 1 aliphatic heterocycles. The van der Waals surface area contributed by atoms with Crippen molar-refractivity contribution >= 4 is 23.3 Å². The van der Waals surface area contributed by atoms with E-state index >= 15 is 0 Å². The molecule has 2 aromatic rings. The van der Waals surface area contributed by atoms with Crippen LogP contribution in [0.5, 0.6) is 0 Å². The SMILES string of the molecule is Cc1noc(C)c1[C@H]1CCCN1C(=O)Nc1ccc(F)c(Cl)c1. The molecule has 1 N–H and O–H groups in total. The molecule has 2 heterocycles. The number of amides is 2. The van der Waals surface area contributed by atoms with Crippen molar-refractivity contribution in [1.82, 2.24) is 10.1 Å². The molecule has 23 heavy (non-hydrogen) atoms. The number of carbonyl (C=O) groups excluding carboxylic acids is 1. The van der Waals surface area contributed by atoms with Gasteiger partial charge in [-0.3, -0.25) is 0 Å². The summed E-state index contributed by atoms with van der Waals surface area (Å²) in [5.74, 6) is 0.219. The molecule has 1 atom stereocenters. The third-order valence-electron chi connectivity index (χ3n) is 4.11. The zero-order chi connectivity index (χ0) is 16.6. The smallest absolute Gasteiger partial charge is 0.322 e. The first-order valence-corrected chi connectivity index (χ1v) is 7.80. The normalized spacial score (nSPS) is 17.6. The second-order valence-corrected chi connectivity index (χ2v) is 6.06. The number of urea groups is 1. The van der Waals surface area contributed by atoms with E-state index < -0.39 is 5.82 Å². The van der Waals surface area contributed by atoms with E-state index in [1.54, 1.807) is 4.90 Å². The number of aromatic nitrogens is 1. The molecular formula is C16H17ClFN3O2. The first-order valence-electron chi connectivity index (χ1n) is 7.43. The second-order valence-electron chi connectivity index (χ2n) is 5.65. The fourth-order valence-corrected chi connectivity index (χ4v) is 3.23. The maximum absolute atomic E-state index is 13.2. The molecule has 3 rings (SSSR count). The molecular weight excluding hydrogens is 321 g/mol. The Balaban J connectivity index is 1.79. The lowest BCUT2D eigenvalue weighted by molar-refractivity contribution is 0.206. The highest BCUT2D eigenvalue weighted by Gasteiger charge is 2.33. The fourth-order valence-electron chi connectivity index (χ4n) is 3.04. The molecule has 5 nitrogen and oxygen atoms in total. The zero-order valence-electron chi connectivity index (χ0n) is 12.9. The summed E-state index contributed by atoms with van der Waals surface area (Å²) in [6.07, 6.45) is 1.77. The quantitative estimate of drug-likeness (QED) is 0.880. The molecule has 2 amide bonds. The van der Waals surface area contributed by atoms with E-state index in [2.05, 4.69) is 10.5 Å². The van der Waals surface area contributed by atoms with Gasteiger partial charge in [0, 0.05) is 17.8 Å². The van der Waals surface area contributed by atoms with Crippen molar-refractivity contribution in [3.63, 3.8) is 0 Å². The molecule has 1 saturated heterocycles. The topological polar surface area (TPSA) is 58.4 Å². The number of nitrogens with one attached hydrogen (secondary N) is 1. The Kier molecular flexibility index (Phi) is 4.26. The predicted octanol–water partition coefficient (Wildman–Crippen LogP) is 4.45. The molecule has 0 aliphatic carbocycles. The van der Waals surface area contributed by atoms with Crippen molar-refractivity contribution in [2.75, 3.05) is 11.9 Å². The van der Waals surface area contributed by atoms with E-state index in [-0.39, 0.29) is 17.1 Å². The van der Waals surface area contributed by atoms with Crippen molar-refractivity contribution in [3.8, 4) is 0 Å². The van der Waals surface area contributed by atoms with E-state index in [4.69, 9.17) is 16.1 Å². The summed E-state index contributed by atoms with van der Waals surface area (Å²) in [6.45, 7) is 4.37. The standard InChI is InChI=1S/C16H17ClFN3O2/c1-9-15(10(2)23-20-9)14-4-3-7-21(14)16(22)19-11-5-6-13(18)12(17)8-11/h5-6,8,14H,3-4,7H2,1-2H3,(H,19,22)/t14-/m1/s1. The minimum Gasteiger partial charge on any atom is -0.361 e. The summed E-state index contributed by atoms with van der Waals surface area (Å²) >= 11 is 5.75. The Morgan fingerprint density at radius 2 is 2.26 bits per heavy atom. The monoisotopic (exact) mass is 337 g/mol. The maximum atomic E-state index is 13.2. The molecule has 0 bridgehead atoms. The van der Waals surface area contributed by atoms with Crippen molar-refractivity contribution < 1.29 is 13.7 Å². The molecule has 0 radical (unpaired) electrons. The van der Waals surface area contributed by atoms with Crippen LogP contribution in [0.1, 0.15) is 35.9 Å². The highest BCUT2D eigenvalue weighted by Crippen LogP contribution is 2.36. The van der Waals surface area contributed by atoms with Crippen LogP contribution in [-0.4, -0.2) is 22.6 Å². The number of carbonyl (C=O) groups is 1. The van der Waals surface area contributed by atoms with Gasteiger partial charge in [-0.2, -0.15) is 0 Å². The molecule has 0 unspecified atom stereocenters. The molecule has 1 aromatic heterocycles. The largest absolute Gasteiger partial charge is 0.361 e. The zero-order valence-corrected chi connectivity index (χ0v) is 13.7. The van der Waals surface area contributed by atoms with Crippen LogP contribution in [0.2, 0.25) is 5.02 Å². The van der Waals surface area contributed by atoms with E-state index in [0.29, 0.717) is 12.2 Å². The molecule has 0 spiro atoms. The number of halogens is 2. The van der Waals surface area contributed by atoms with Gasteiger partial charge in [-0.15, -0.1) is 0 Å². The van der Waals surface area contributed by atoms with Crippen LogP contribution in [0.4, 0.5) is 14.9 Å². The van der Waals surface area contributed by atoms with Gasteiger partial charge in [0.25, 0.3) is 0 Å². The Bertz CT molecular complexity index is 727. The Morgan fingerprint density at radius 1 is 1.48 bits per heavy atom. The number of aryl methyl sites for hydroxylation is 2. The third kappa shape index (κ3) is 3.03. The average molecular weight is 338 g/mol. The van der Waals surface area contributed by atoms with Crippen molar-refractivity contribution in [2.24, 2.45) is 0 Å². The summed E-state index contributed by atoms with van der Waals surface area (Å²) in [7, 11) is 0. The number of anilines is 1. The molecule has 7 heteroatoms. The fraction of sp³-hybridized carbons (Fsp3) is 0.375. The van der Waals surface area contributed by atoms with E-state index in [1.165, 1.54) is 18.2 Å².